The second-order valence-corrected chi connectivity index (χ2v) is 39.3. The van der Waals surface area contributed by atoms with E-state index in [0.29, 0.717) is 5.78 Å². The molecule has 5 aromatic rings. The van der Waals surface area contributed by atoms with Gasteiger partial charge in [-0.05, 0) is 134 Å². The molecule has 0 amide bonds. The predicted molar refractivity (Wildman–Crippen MR) is 272 cm³/mol. The number of carbonyl (C=O) groups excluding carboxylic acids is 1. The van der Waals surface area contributed by atoms with Crippen LogP contribution < -0.4 is 2.89 Å². The molecule has 2 aliphatic heterocycles. The van der Waals surface area contributed by atoms with Gasteiger partial charge in [0.1, 0.15) is 0 Å². The third-order valence-electron chi connectivity index (χ3n) is 12.8. The normalized spacial score (nSPS) is 21.4. The number of hydrogen-bond donors (Lipinski definition) is 0. The first kappa shape index (κ1) is 45.9. The van der Waals surface area contributed by atoms with Crippen LogP contribution in [0, 0.1) is 6.92 Å². The van der Waals surface area contributed by atoms with Crippen molar-refractivity contribution in [2.24, 2.45) is 0 Å². The maximum Gasteiger partial charge on any atom is 0.164 e. The van der Waals surface area contributed by atoms with Gasteiger partial charge in [-0.2, -0.15) is 0 Å². The number of fused-ring (bicyclic) bond motifs is 5. The fourth-order valence-corrected chi connectivity index (χ4v) is 20.2. The topological polar surface area (TPSA) is 35.5 Å². The van der Waals surface area contributed by atoms with E-state index in [1.165, 1.54) is 112 Å². The minimum absolute atomic E-state index is 0.336. The molecule has 326 valence electrons. The Morgan fingerprint density at radius 3 is 1.28 bits per heavy atom. The van der Waals surface area contributed by atoms with Crippen LogP contribution in [-0.4, -0.2) is 50.6 Å². The first-order chi connectivity index (χ1) is 29.7. The van der Waals surface area contributed by atoms with Crippen molar-refractivity contribution in [3.05, 3.63) is 104 Å². The van der Waals surface area contributed by atoms with E-state index in [0.717, 1.165) is 51.3 Å². The zero-order chi connectivity index (χ0) is 42.2. The number of carbonyl (C=O) groups is 1. The van der Waals surface area contributed by atoms with Crippen LogP contribution in [0.4, 0.5) is 0 Å². The van der Waals surface area contributed by atoms with E-state index >= 15 is 0 Å². The molecule has 9 heteroatoms. The summed E-state index contributed by atoms with van der Waals surface area (Å²) in [4.78, 5) is 28.2. The molecular weight excluding hydrogens is 952 g/mol. The molecule has 0 N–H and O–H groups in total. The number of hydrogen-bond acceptors (Lipinski definition) is 8. The number of thiophene rings is 5. The molecule has 0 saturated carbocycles. The average Bonchev–Trinajstić information content (AvgIpc) is 4.11. The van der Waals surface area contributed by atoms with Crippen LogP contribution >= 0.6 is 56.7 Å². The Bertz CT molecular complexity index is 2210. The van der Waals surface area contributed by atoms with Gasteiger partial charge in [-0.1, -0.05) is 0 Å². The number of aryl methyl sites for hydroxylation is 6. The van der Waals surface area contributed by atoms with Crippen LogP contribution in [-0.2, 0) is 41.6 Å². The molecule has 3 nitrogen and oxygen atoms in total. The van der Waals surface area contributed by atoms with E-state index in [9.17, 15) is 4.79 Å². The SMILES string of the molecule is C1CCOC1.C1CCOC1.Cc1cc2c(s1)CCC/C2=C1/CCCc2s[c]([Sn]([CH3])([CH3])[CH3])cc21.O=C1CCCc2sccc21.c1cc2c(s1)CCC/C2=C1/CCCc2sccc21. The molecule has 61 heavy (non-hydrogen) atoms. The van der Waals surface area contributed by atoms with Crippen LogP contribution in [0.3, 0.4) is 0 Å². The van der Waals surface area contributed by atoms with E-state index in [4.69, 9.17) is 9.47 Å². The third-order valence-corrected chi connectivity index (χ3v) is 27.5. The molecule has 7 aliphatic rings. The van der Waals surface area contributed by atoms with Crippen molar-refractivity contribution >= 4 is 106 Å². The summed E-state index contributed by atoms with van der Waals surface area (Å²) in [5.41, 5.74) is 14.1. The summed E-state index contributed by atoms with van der Waals surface area (Å²) in [6.07, 6.45) is 23.8. The Balaban J connectivity index is 0.000000118. The molecule has 0 spiro atoms. The van der Waals surface area contributed by atoms with Gasteiger partial charge in [0, 0.05) is 53.0 Å². The summed E-state index contributed by atoms with van der Waals surface area (Å²) in [6, 6.07) is 11.7. The van der Waals surface area contributed by atoms with Gasteiger partial charge >= 0.3 is 153 Å². The molecule has 0 atom stereocenters. The first-order valence-electron chi connectivity index (χ1n) is 23.3. The van der Waals surface area contributed by atoms with E-state index in [1.807, 2.05) is 45.5 Å². The van der Waals surface area contributed by atoms with Crippen LogP contribution in [0.15, 0.2) is 46.5 Å². The second kappa shape index (κ2) is 22.0. The van der Waals surface area contributed by atoms with Crippen molar-refractivity contribution in [3.63, 3.8) is 0 Å². The van der Waals surface area contributed by atoms with E-state index in [2.05, 4.69) is 68.1 Å². The van der Waals surface area contributed by atoms with Crippen LogP contribution in [0.25, 0.3) is 22.3 Å². The molecule has 0 bridgehead atoms. The van der Waals surface area contributed by atoms with E-state index in [-0.39, 0.29) is 0 Å². The number of Topliss-reactive ketones (excluding diaryl/α,β-unsaturated/α-hetero) is 1. The third kappa shape index (κ3) is 11.6. The standard InChI is InChI=1S/C17H17S2.C16H16S2.C8H8OS.2C4H8O.3CH3.Sn/c1-11-10-15-13(5-3-7-17(15)19-11)12-4-2-6-16-14(12)8-9-18-16;1-3-11(13-7-9-17-15(13)5-1)12-4-2-6-16-14(12)8-10-18-16;9-7-2-1-3-8-6(7)4-5-10-8;2*1-2-4-5-3-1;;;;/h8,10H,2-7H2,1H3;7-10H,1-6H2;4-5H,1-3H2;2*1-4H2;3*1H3;/b13-12+;12-11+;;;;;;;. The molecule has 12 rings (SSSR count). The molecule has 5 aromatic heterocycles. The molecule has 7 heterocycles. The number of ether oxygens (including phenoxy) is 2. The Labute approximate surface area is 390 Å². The summed E-state index contributed by atoms with van der Waals surface area (Å²) in [7, 11) is 0. The maximum atomic E-state index is 11.2. The van der Waals surface area contributed by atoms with Crippen LogP contribution in [0.1, 0.15) is 152 Å². The van der Waals surface area contributed by atoms with Gasteiger partial charge in [0.05, 0.1) is 0 Å². The van der Waals surface area contributed by atoms with E-state index < -0.39 is 18.4 Å². The molecular formula is C52H66O3S5Sn. The van der Waals surface area contributed by atoms with Crippen LogP contribution in [0.2, 0.25) is 14.8 Å². The minimum Gasteiger partial charge on any atom is -0.294 e. The molecule has 0 unspecified atom stereocenters. The van der Waals surface area contributed by atoms with Crippen molar-refractivity contribution in [3.8, 4) is 0 Å². The van der Waals surface area contributed by atoms with Gasteiger partial charge in [-0.15, -0.1) is 34.0 Å². The van der Waals surface area contributed by atoms with E-state index in [1.54, 1.807) is 78.3 Å². The molecule has 2 fully saturated rings. The largest absolute Gasteiger partial charge is 0.294 e. The van der Waals surface area contributed by atoms with Crippen LogP contribution in [0.5, 0.6) is 0 Å². The van der Waals surface area contributed by atoms with Gasteiger partial charge in [0.15, 0.2) is 5.78 Å². The average molecular weight is 1020 g/mol. The predicted octanol–water partition coefficient (Wildman–Crippen LogP) is 15.5. The Kier molecular flexibility index (Phi) is 16.6. The van der Waals surface area contributed by atoms with Gasteiger partial charge in [-0.25, -0.2) is 0 Å². The fraction of sp³-hybridized carbons (Fsp3) is 0.519. The summed E-state index contributed by atoms with van der Waals surface area (Å²) >= 11 is 7.83. The first-order valence-corrected chi connectivity index (χ1v) is 37.6. The van der Waals surface area contributed by atoms with Gasteiger partial charge in [0.2, 0.25) is 0 Å². The minimum atomic E-state index is -1.95. The zero-order valence-electron chi connectivity index (χ0n) is 37.1. The number of allylic oxidation sites excluding steroid dienone is 4. The summed E-state index contributed by atoms with van der Waals surface area (Å²) in [6.45, 7) is 6.27. The molecule has 5 aliphatic carbocycles. The summed E-state index contributed by atoms with van der Waals surface area (Å²) in [5.74, 6) is 0.336. The fourth-order valence-electron chi connectivity index (χ4n) is 9.69. The number of ketones is 1. The second-order valence-electron chi connectivity index (χ2n) is 18.4. The summed E-state index contributed by atoms with van der Waals surface area (Å²) in [5, 5.41) is 6.55. The quantitative estimate of drug-likeness (QED) is 0.157. The van der Waals surface area contributed by atoms with Crippen molar-refractivity contribution in [1.29, 1.82) is 0 Å². The number of rotatable bonds is 1. The monoisotopic (exact) mass is 1020 g/mol. The Morgan fingerprint density at radius 2 is 0.836 bits per heavy atom. The zero-order valence-corrected chi connectivity index (χ0v) is 44.1. The van der Waals surface area contributed by atoms with Crippen molar-refractivity contribution in [2.45, 2.75) is 144 Å². The Morgan fingerprint density at radius 1 is 0.443 bits per heavy atom. The maximum absolute atomic E-state index is 11.2. The van der Waals surface area contributed by atoms with Gasteiger partial charge in [-0.3, -0.25) is 4.79 Å². The van der Waals surface area contributed by atoms with Crippen molar-refractivity contribution in [1.82, 2.24) is 0 Å². The van der Waals surface area contributed by atoms with Crippen molar-refractivity contribution < 1.29 is 14.3 Å². The molecule has 0 aromatic carbocycles. The Hall–Kier alpha value is -1.63. The van der Waals surface area contributed by atoms with Gasteiger partial charge < -0.3 is 9.47 Å². The molecule has 2 saturated heterocycles. The van der Waals surface area contributed by atoms with Gasteiger partial charge in [0.25, 0.3) is 0 Å². The smallest absolute Gasteiger partial charge is 0.164 e. The summed E-state index contributed by atoms with van der Waals surface area (Å²) < 4.78 is 11.7. The van der Waals surface area contributed by atoms with Crippen molar-refractivity contribution in [2.75, 3.05) is 26.4 Å². The molecule has 0 radical (unpaired) electrons.